The van der Waals surface area contributed by atoms with Crippen LogP contribution in [0.5, 0.6) is 0 Å². The molecule has 0 aliphatic rings. The Kier molecular flexibility index (Phi) is 3.79. The van der Waals surface area contributed by atoms with E-state index in [2.05, 4.69) is 5.32 Å². The number of ketones is 1. The van der Waals surface area contributed by atoms with Gasteiger partial charge in [0.1, 0.15) is 0 Å². The summed E-state index contributed by atoms with van der Waals surface area (Å²) >= 11 is 7.18. The number of Topliss-reactive ketones (excluding diaryl/α,β-unsaturated/α-hetero) is 1. The first-order valence-electron chi connectivity index (χ1n) is 5.24. The highest BCUT2D eigenvalue weighted by atomic mass is 35.5. The van der Waals surface area contributed by atoms with Crippen LogP contribution in [0.15, 0.2) is 35.7 Å². The number of thiophene rings is 1. The first kappa shape index (κ1) is 12.8. The van der Waals surface area contributed by atoms with Crippen LogP contribution in [-0.2, 0) is 4.79 Å². The van der Waals surface area contributed by atoms with E-state index in [1.807, 2.05) is 0 Å². The van der Waals surface area contributed by atoms with Crippen molar-refractivity contribution < 1.29 is 9.59 Å². The van der Waals surface area contributed by atoms with Crippen LogP contribution in [-0.4, -0.2) is 11.7 Å². The molecule has 92 valence electrons. The second-order valence-corrected chi connectivity index (χ2v) is 5.03. The smallest absolute Gasteiger partial charge is 0.297 e. The van der Waals surface area contributed by atoms with Crippen molar-refractivity contribution in [1.82, 2.24) is 0 Å². The van der Waals surface area contributed by atoms with Gasteiger partial charge >= 0.3 is 0 Å². The first-order chi connectivity index (χ1) is 8.59. The minimum absolute atomic E-state index is 0.423. The summed E-state index contributed by atoms with van der Waals surface area (Å²) in [7, 11) is 0. The minimum Gasteiger partial charge on any atom is -0.319 e. The Hall–Kier alpha value is -1.65. The number of rotatable bonds is 3. The van der Waals surface area contributed by atoms with Gasteiger partial charge in [0.25, 0.3) is 11.7 Å². The third kappa shape index (κ3) is 2.60. The Morgan fingerprint density at radius 2 is 2.00 bits per heavy atom. The van der Waals surface area contributed by atoms with Crippen molar-refractivity contribution in [3.63, 3.8) is 0 Å². The van der Waals surface area contributed by atoms with Crippen LogP contribution in [0.3, 0.4) is 0 Å². The molecule has 1 amide bonds. The lowest BCUT2D eigenvalue weighted by molar-refractivity contribution is -0.112. The van der Waals surface area contributed by atoms with Crippen molar-refractivity contribution in [2.45, 2.75) is 6.92 Å². The van der Waals surface area contributed by atoms with E-state index in [1.165, 1.54) is 11.3 Å². The highest BCUT2D eigenvalue weighted by Crippen LogP contribution is 2.23. The lowest BCUT2D eigenvalue weighted by Crippen LogP contribution is -2.22. The van der Waals surface area contributed by atoms with E-state index in [9.17, 15) is 9.59 Å². The fourth-order valence-corrected chi connectivity index (χ4v) is 2.28. The molecular weight excluding hydrogens is 270 g/mol. The summed E-state index contributed by atoms with van der Waals surface area (Å²) in [5.74, 6) is -1.19. The fourth-order valence-electron chi connectivity index (χ4n) is 1.44. The molecule has 0 aliphatic carbocycles. The molecule has 1 aromatic carbocycles. The van der Waals surface area contributed by atoms with Gasteiger partial charge in [-0.3, -0.25) is 9.59 Å². The normalized spacial score (nSPS) is 10.1. The maximum Gasteiger partial charge on any atom is 0.297 e. The molecular formula is C13H10ClNO2S. The number of halogens is 1. The molecule has 5 heteroatoms. The predicted molar refractivity (Wildman–Crippen MR) is 73.5 cm³/mol. The largest absolute Gasteiger partial charge is 0.319 e. The number of carbonyl (C=O) groups is 2. The average Bonchev–Trinajstić information content (AvgIpc) is 2.87. The van der Waals surface area contributed by atoms with Crippen LogP contribution in [0.25, 0.3) is 0 Å². The van der Waals surface area contributed by atoms with Gasteiger partial charge in [0.2, 0.25) is 0 Å². The zero-order valence-corrected chi connectivity index (χ0v) is 11.1. The summed E-state index contributed by atoms with van der Waals surface area (Å²) in [4.78, 5) is 24.0. The molecule has 2 rings (SSSR count). The number of anilines is 1. The summed E-state index contributed by atoms with van der Waals surface area (Å²) in [6.45, 7) is 1.79. The van der Waals surface area contributed by atoms with E-state index in [-0.39, 0.29) is 0 Å². The number of nitrogens with one attached hydrogen (secondary N) is 1. The highest BCUT2D eigenvalue weighted by Gasteiger charge is 2.18. The third-order valence-electron chi connectivity index (χ3n) is 2.47. The van der Waals surface area contributed by atoms with Crippen molar-refractivity contribution >= 4 is 40.3 Å². The maximum absolute atomic E-state index is 11.8. The molecule has 0 fully saturated rings. The molecule has 18 heavy (non-hydrogen) atoms. The Morgan fingerprint density at radius 1 is 1.22 bits per heavy atom. The highest BCUT2D eigenvalue weighted by molar-refractivity contribution is 7.13. The number of amides is 1. The Bertz CT molecular complexity index is 593. The summed E-state index contributed by atoms with van der Waals surface area (Å²) in [6, 6.07) is 8.52. The van der Waals surface area contributed by atoms with Crippen LogP contribution in [0, 0.1) is 6.92 Å². The van der Waals surface area contributed by atoms with Crippen LogP contribution >= 0.6 is 22.9 Å². The van der Waals surface area contributed by atoms with Gasteiger partial charge in [-0.1, -0.05) is 23.7 Å². The summed E-state index contributed by atoms with van der Waals surface area (Å²) < 4.78 is 0. The Balaban J connectivity index is 2.17. The van der Waals surface area contributed by atoms with E-state index >= 15 is 0 Å². The third-order valence-corrected chi connectivity index (χ3v) is 3.75. The van der Waals surface area contributed by atoms with Crippen molar-refractivity contribution in [3.05, 3.63) is 51.2 Å². The second kappa shape index (κ2) is 5.33. The first-order valence-corrected chi connectivity index (χ1v) is 6.49. The van der Waals surface area contributed by atoms with Gasteiger partial charge < -0.3 is 5.32 Å². The van der Waals surface area contributed by atoms with Gasteiger partial charge in [-0.2, -0.15) is 0 Å². The molecule has 3 nitrogen and oxygen atoms in total. The van der Waals surface area contributed by atoms with E-state index < -0.39 is 11.7 Å². The van der Waals surface area contributed by atoms with Crippen LogP contribution in [0.2, 0.25) is 5.02 Å². The molecule has 2 aromatic rings. The van der Waals surface area contributed by atoms with Gasteiger partial charge in [-0.05, 0) is 36.1 Å². The number of hydrogen-bond acceptors (Lipinski definition) is 3. The Morgan fingerprint density at radius 3 is 2.67 bits per heavy atom. The Labute approximate surface area is 113 Å². The number of hydrogen-bond donors (Lipinski definition) is 1. The molecule has 0 unspecified atom stereocenters. The molecule has 0 spiro atoms. The van der Waals surface area contributed by atoms with E-state index in [0.29, 0.717) is 15.6 Å². The lowest BCUT2D eigenvalue weighted by Gasteiger charge is -2.08. The van der Waals surface area contributed by atoms with Crippen molar-refractivity contribution in [1.29, 1.82) is 0 Å². The number of carbonyl (C=O) groups excluding carboxylic acids is 2. The second-order valence-electron chi connectivity index (χ2n) is 3.67. The van der Waals surface area contributed by atoms with Gasteiger partial charge in [0.05, 0.1) is 4.88 Å². The summed E-state index contributed by atoms with van der Waals surface area (Å²) in [5, 5.41) is 4.88. The van der Waals surface area contributed by atoms with E-state index in [0.717, 1.165) is 5.56 Å². The standard InChI is InChI=1S/C13H10ClNO2S/c1-8-9(14)4-2-5-10(8)15-13(17)12(16)11-6-3-7-18-11/h2-7H,1H3,(H,15,17). The molecule has 0 bridgehead atoms. The predicted octanol–water partition coefficient (Wildman–Crippen LogP) is 3.53. The molecule has 0 saturated carbocycles. The SMILES string of the molecule is Cc1c(Cl)cccc1NC(=O)C(=O)c1cccs1. The van der Waals surface area contributed by atoms with Crippen molar-refractivity contribution in [3.8, 4) is 0 Å². The summed E-state index contributed by atoms with van der Waals surface area (Å²) in [6.07, 6.45) is 0. The molecule has 0 atom stereocenters. The molecule has 1 N–H and O–H groups in total. The minimum atomic E-state index is -0.650. The fraction of sp³-hybridized carbons (Fsp3) is 0.0769. The topological polar surface area (TPSA) is 46.2 Å². The van der Waals surface area contributed by atoms with Crippen LogP contribution < -0.4 is 5.32 Å². The van der Waals surface area contributed by atoms with Crippen molar-refractivity contribution in [2.75, 3.05) is 5.32 Å². The van der Waals surface area contributed by atoms with E-state index in [1.54, 1.807) is 42.6 Å². The van der Waals surface area contributed by atoms with Crippen LogP contribution in [0.4, 0.5) is 5.69 Å². The van der Waals surface area contributed by atoms with Gasteiger partial charge in [-0.15, -0.1) is 11.3 Å². The zero-order valence-electron chi connectivity index (χ0n) is 9.57. The maximum atomic E-state index is 11.8. The molecule has 0 saturated heterocycles. The van der Waals surface area contributed by atoms with Gasteiger partial charge in [0, 0.05) is 10.7 Å². The average molecular weight is 280 g/mol. The number of benzene rings is 1. The van der Waals surface area contributed by atoms with Crippen molar-refractivity contribution in [2.24, 2.45) is 0 Å². The van der Waals surface area contributed by atoms with E-state index in [4.69, 9.17) is 11.6 Å². The molecule has 0 aliphatic heterocycles. The van der Waals surface area contributed by atoms with Gasteiger partial charge in [-0.25, -0.2) is 0 Å². The zero-order chi connectivity index (χ0) is 13.1. The molecule has 1 aromatic heterocycles. The molecule has 0 radical (unpaired) electrons. The summed E-state index contributed by atoms with van der Waals surface area (Å²) in [5.41, 5.74) is 1.30. The monoisotopic (exact) mass is 279 g/mol. The quantitative estimate of drug-likeness (QED) is 0.690. The van der Waals surface area contributed by atoms with Gasteiger partial charge in [0.15, 0.2) is 0 Å². The van der Waals surface area contributed by atoms with Crippen LogP contribution in [0.1, 0.15) is 15.2 Å². The lowest BCUT2D eigenvalue weighted by atomic mass is 10.2. The molecule has 1 heterocycles.